The van der Waals surface area contributed by atoms with Crippen LogP contribution in [0.5, 0.6) is 0 Å². The molecule has 20 heavy (non-hydrogen) atoms. The molecule has 0 bridgehead atoms. The second-order valence-corrected chi connectivity index (χ2v) is 5.51. The van der Waals surface area contributed by atoms with Crippen molar-refractivity contribution in [3.8, 4) is 0 Å². The predicted molar refractivity (Wildman–Crippen MR) is 80.5 cm³/mol. The van der Waals surface area contributed by atoms with Gasteiger partial charge in [-0.15, -0.1) is 0 Å². The fourth-order valence-electron chi connectivity index (χ4n) is 2.48. The van der Waals surface area contributed by atoms with Gasteiger partial charge in [0.25, 0.3) is 5.91 Å². The van der Waals surface area contributed by atoms with Gasteiger partial charge in [0.15, 0.2) is 5.69 Å². The molecule has 104 valence electrons. The molecule has 5 N–H and O–H groups in total. The topological polar surface area (TPSA) is 99.0 Å². The van der Waals surface area contributed by atoms with Gasteiger partial charge in [-0.25, -0.2) is 4.68 Å². The quantitative estimate of drug-likeness (QED) is 0.727. The van der Waals surface area contributed by atoms with Gasteiger partial charge < -0.3 is 16.8 Å². The molecule has 3 rings (SSSR count). The number of nitrogens with one attached hydrogen (secondary N) is 1. The summed E-state index contributed by atoms with van der Waals surface area (Å²) in [7, 11) is 0. The lowest BCUT2D eigenvalue weighted by Crippen LogP contribution is -2.24. The van der Waals surface area contributed by atoms with Crippen LogP contribution in [-0.4, -0.2) is 22.2 Å². The average Bonchev–Trinajstić information content (AvgIpc) is 2.76. The zero-order valence-electron chi connectivity index (χ0n) is 10.6. The van der Waals surface area contributed by atoms with Crippen molar-refractivity contribution in [2.24, 2.45) is 5.73 Å². The van der Waals surface area contributed by atoms with Gasteiger partial charge in [0.1, 0.15) is 5.82 Å². The van der Waals surface area contributed by atoms with Crippen LogP contribution in [0.15, 0.2) is 28.7 Å². The lowest BCUT2D eigenvalue weighted by atomic mass is 10.0. The van der Waals surface area contributed by atoms with Gasteiger partial charge in [-0.2, -0.15) is 5.10 Å². The zero-order chi connectivity index (χ0) is 14.3. The summed E-state index contributed by atoms with van der Waals surface area (Å²) in [5, 5.41) is 7.56. The smallest absolute Gasteiger partial charge is 0.270 e. The molecule has 0 radical (unpaired) electrons. The van der Waals surface area contributed by atoms with Gasteiger partial charge >= 0.3 is 0 Å². The third-order valence-electron chi connectivity index (χ3n) is 3.39. The summed E-state index contributed by atoms with van der Waals surface area (Å²) in [4.78, 5) is 11.4. The van der Waals surface area contributed by atoms with Crippen LogP contribution >= 0.6 is 15.9 Å². The summed E-state index contributed by atoms with van der Waals surface area (Å²) < 4.78 is 2.40. The van der Waals surface area contributed by atoms with Crippen LogP contribution in [0, 0.1) is 0 Å². The number of halogens is 1. The Morgan fingerprint density at radius 2 is 2.30 bits per heavy atom. The zero-order valence-corrected chi connectivity index (χ0v) is 12.2. The second-order valence-electron chi connectivity index (χ2n) is 4.72. The molecule has 0 saturated heterocycles. The normalized spacial score (nSPS) is 17.4. The summed E-state index contributed by atoms with van der Waals surface area (Å²) in [6.45, 7) is 0.794. The second kappa shape index (κ2) is 4.82. The molecule has 2 heterocycles. The maximum absolute atomic E-state index is 11.4. The Hall–Kier alpha value is -2.02. The van der Waals surface area contributed by atoms with E-state index in [1.807, 2.05) is 24.3 Å². The molecule has 6 nitrogen and oxygen atoms in total. The molecule has 0 aliphatic carbocycles. The third-order valence-corrected chi connectivity index (χ3v) is 4.14. The minimum Gasteiger partial charge on any atom is -0.399 e. The van der Waals surface area contributed by atoms with Gasteiger partial charge in [-0.05, 0) is 40.0 Å². The Balaban J connectivity index is 2.10. The average molecular weight is 336 g/mol. The van der Waals surface area contributed by atoms with Crippen LogP contribution in [0.25, 0.3) is 0 Å². The lowest BCUT2D eigenvalue weighted by Gasteiger charge is -2.26. The number of hydrogen-bond donors (Lipinski definition) is 3. The first-order valence-electron chi connectivity index (χ1n) is 6.25. The Labute approximate surface area is 124 Å². The summed E-state index contributed by atoms with van der Waals surface area (Å²) in [6, 6.07) is 7.74. The highest BCUT2D eigenvalue weighted by Gasteiger charge is 2.28. The van der Waals surface area contributed by atoms with E-state index in [9.17, 15) is 4.79 Å². The monoisotopic (exact) mass is 335 g/mol. The number of amides is 1. The minimum absolute atomic E-state index is 0.0409. The van der Waals surface area contributed by atoms with Crippen LogP contribution in [0.4, 0.5) is 11.5 Å². The van der Waals surface area contributed by atoms with Crippen molar-refractivity contribution in [3.63, 3.8) is 0 Å². The molecular formula is C13H14BrN5O. The number of benzene rings is 1. The molecule has 0 saturated carbocycles. The largest absolute Gasteiger partial charge is 0.399 e. The number of aromatic nitrogens is 2. The fraction of sp³-hybridized carbons (Fsp3) is 0.231. The van der Waals surface area contributed by atoms with Crippen LogP contribution in [0.1, 0.15) is 28.5 Å². The minimum atomic E-state index is -0.549. The number of hydrogen-bond acceptors (Lipinski definition) is 4. The van der Waals surface area contributed by atoms with Gasteiger partial charge in [-0.1, -0.05) is 12.1 Å². The van der Waals surface area contributed by atoms with Gasteiger partial charge in [0, 0.05) is 12.2 Å². The van der Waals surface area contributed by atoms with Crippen molar-refractivity contribution in [2.45, 2.75) is 12.5 Å². The van der Waals surface area contributed by atoms with E-state index in [0.29, 0.717) is 10.2 Å². The van der Waals surface area contributed by atoms with Gasteiger partial charge in [0.05, 0.1) is 10.5 Å². The summed E-state index contributed by atoms with van der Waals surface area (Å²) in [6.07, 6.45) is 0.864. The van der Waals surface area contributed by atoms with Crippen LogP contribution < -0.4 is 16.8 Å². The third kappa shape index (κ3) is 2.03. The van der Waals surface area contributed by atoms with Crippen molar-refractivity contribution in [1.29, 1.82) is 0 Å². The molecule has 1 unspecified atom stereocenters. The molecule has 1 aromatic heterocycles. The molecule has 0 spiro atoms. The van der Waals surface area contributed by atoms with E-state index in [1.165, 1.54) is 0 Å². The number of nitrogens with two attached hydrogens (primary N) is 2. The first-order valence-corrected chi connectivity index (χ1v) is 7.04. The molecule has 1 amide bonds. The van der Waals surface area contributed by atoms with Gasteiger partial charge in [0.2, 0.25) is 0 Å². The van der Waals surface area contributed by atoms with E-state index < -0.39 is 5.91 Å². The summed E-state index contributed by atoms with van der Waals surface area (Å²) in [5.74, 6) is 0.226. The van der Waals surface area contributed by atoms with Crippen LogP contribution in [-0.2, 0) is 0 Å². The number of carbonyl (C=O) groups is 1. The van der Waals surface area contributed by atoms with Crippen molar-refractivity contribution in [3.05, 3.63) is 40.0 Å². The predicted octanol–water partition coefficient (Wildman–Crippen LogP) is 1.73. The van der Waals surface area contributed by atoms with E-state index in [1.54, 1.807) is 4.68 Å². The number of nitrogens with zero attached hydrogens (tertiary/aromatic N) is 2. The number of fused-ring (bicyclic) bond motifs is 1. The van der Waals surface area contributed by atoms with E-state index >= 15 is 0 Å². The molecule has 1 atom stereocenters. The van der Waals surface area contributed by atoms with Gasteiger partial charge in [-0.3, -0.25) is 4.79 Å². The number of primary amides is 1. The molecule has 1 aliphatic rings. The fourth-order valence-corrected chi connectivity index (χ4v) is 3.08. The SMILES string of the molecule is NC(=O)c1nn2c(c1Br)NCCC2c1cccc(N)c1. The van der Waals surface area contributed by atoms with Crippen LogP contribution in [0.3, 0.4) is 0 Å². The Morgan fingerprint density at radius 3 is 3.00 bits per heavy atom. The summed E-state index contributed by atoms with van der Waals surface area (Å²) >= 11 is 3.38. The van der Waals surface area contributed by atoms with Crippen LogP contribution in [0.2, 0.25) is 0 Å². The highest BCUT2D eigenvalue weighted by atomic mass is 79.9. The number of nitrogen functional groups attached to an aromatic ring is 1. The van der Waals surface area contributed by atoms with Crippen molar-refractivity contribution in [1.82, 2.24) is 9.78 Å². The van der Waals surface area contributed by atoms with Crippen molar-refractivity contribution in [2.75, 3.05) is 17.6 Å². The molecule has 7 heteroatoms. The summed E-state index contributed by atoms with van der Waals surface area (Å²) in [5.41, 5.74) is 13.2. The molecule has 1 aliphatic heterocycles. The van der Waals surface area contributed by atoms with E-state index in [0.717, 1.165) is 24.3 Å². The van der Waals surface area contributed by atoms with E-state index in [2.05, 4.69) is 26.3 Å². The first kappa shape index (κ1) is 13.0. The lowest BCUT2D eigenvalue weighted by molar-refractivity contribution is 0.0994. The Bertz CT molecular complexity index is 681. The standard InChI is InChI=1S/C13H14BrN5O/c14-10-11(12(16)20)18-19-9(4-5-17-13(10)19)7-2-1-3-8(15)6-7/h1-3,6,9,17H,4-5,15H2,(H2,16,20). The maximum atomic E-state index is 11.4. The maximum Gasteiger partial charge on any atom is 0.270 e. The highest BCUT2D eigenvalue weighted by molar-refractivity contribution is 9.10. The molecular weight excluding hydrogens is 322 g/mol. The molecule has 1 aromatic carbocycles. The Kier molecular flexibility index (Phi) is 3.13. The number of carbonyl (C=O) groups excluding carboxylic acids is 1. The van der Waals surface area contributed by atoms with Crippen molar-refractivity contribution >= 4 is 33.3 Å². The number of rotatable bonds is 2. The molecule has 0 fully saturated rings. The highest BCUT2D eigenvalue weighted by Crippen LogP contribution is 2.36. The van der Waals surface area contributed by atoms with Crippen molar-refractivity contribution < 1.29 is 4.79 Å². The Morgan fingerprint density at radius 1 is 1.50 bits per heavy atom. The van der Waals surface area contributed by atoms with E-state index in [4.69, 9.17) is 11.5 Å². The van der Waals surface area contributed by atoms with E-state index in [-0.39, 0.29) is 11.7 Å². The molecule has 2 aromatic rings. The first-order chi connectivity index (χ1) is 9.58. The number of anilines is 2.